The summed E-state index contributed by atoms with van der Waals surface area (Å²) in [4.78, 5) is 15.0. The molecule has 4 N–H and O–H groups in total. The van der Waals surface area contributed by atoms with Crippen LogP contribution in [0.15, 0.2) is 40.8 Å². The van der Waals surface area contributed by atoms with Crippen molar-refractivity contribution in [1.29, 1.82) is 0 Å². The van der Waals surface area contributed by atoms with Crippen LogP contribution in [0.4, 0.5) is 10.1 Å². The van der Waals surface area contributed by atoms with Gasteiger partial charge >= 0.3 is 6.10 Å². The number of carbonyl (C=O) groups excluding carboxylic acids is 1. The molecule has 0 spiro atoms. The highest BCUT2D eigenvalue weighted by Gasteiger charge is 2.32. The predicted molar refractivity (Wildman–Crippen MR) is 121 cm³/mol. The number of nitrogens with one attached hydrogen (secondary N) is 1. The quantitative estimate of drug-likeness (QED) is 0.421. The van der Waals surface area contributed by atoms with Crippen molar-refractivity contribution < 1.29 is 33.1 Å². The van der Waals surface area contributed by atoms with Gasteiger partial charge in [0.25, 0.3) is 5.91 Å². The zero-order valence-electron chi connectivity index (χ0n) is 18.2. The fraction of sp³-hybridized carbons (Fsp3) is 0.318. The number of benzene rings is 2. The number of fused-ring (bicyclic) bond motifs is 2. The maximum Gasteiger partial charge on any atom is 0.369 e. The van der Waals surface area contributed by atoms with Crippen molar-refractivity contribution in [1.82, 2.24) is 10.2 Å². The van der Waals surface area contributed by atoms with E-state index in [-0.39, 0.29) is 22.9 Å². The normalized spacial score (nSPS) is 18.2. The summed E-state index contributed by atoms with van der Waals surface area (Å²) in [5.74, 6) is -1.44. The minimum Gasteiger partial charge on any atom is -0.455 e. The van der Waals surface area contributed by atoms with E-state index < -0.39 is 28.8 Å². The van der Waals surface area contributed by atoms with Gasteiger partial charge in [-0.15, -0.1) is 0 Å². The van der Waals surface area contributed by atoms with Crippen molar-refractivity contribution in [2.45, 2.75) is 19.1 Å². The summed E-state index contributed by atoms with van der Waals surface area (Å²) in [6.07, 6.45) is -1.87. The number of hydrogen-bond acceptors (Lipinski definition) is 7. The van der Waals surface area contributed by atoms with E-state index in [9.17, 15) is 28.7 Å². The molecule has 1 aromatic heterocycles. The molecule has 4 rings (SSSR count). The molecule has 0 saturated carbocycles. The van der Waals surface area contributed by atoms with Gasteiger partial charge in [-0.3, -0.25) is 19.3 Å². The van der Waals surface area contributed by atoms with Gasteiger partial charge < -0.3 is 19.7 Å². The molecular weight excluding hydrogens is 453 g/mol. The Morgan fingerprint density at radius 2 is 1.88 bits per heavy atom. The lowest BCUT2D eigenvalue weighted by Crippen LogP contribution is -2.48. The minimum atomic E-state index is -3.45. The number of halogens is 1. The molecule has 1 aliphatic heterocycles. The van der Waals surface area contributed by atoms with Gasteiger partial charge in [0.1, 0.15) is 28.1 Å². The Morgan fingerprint density at radius 1 is 1.21 bits per heavy atom. The smallest absolute Gasteiger partial charge is 0.369 e. The number of carbonyl (C=O) groups is 1. The standard InChI is InChI=1S/C22H24FN3O6S/c1-12-15-10-16-18(11-17(15)26(33(3)31)9-8-25(12)2)32-20(13-4-6-14(23)7-5-13)19(16)21(27)24-22(28,29)30/h4-7,10-12,28-30H,8-9H2,1-3H3,(H,24,27). The predicted octanol–water partition coefficient (Wildman–Crippen LogP) is 1.66. The van der Waals surface area contributed by atoms with E-state index in [1.807, 2.05) is 14.0 Å². The largest absolute Gasteiger partial charge is 0.455 e. The van der Waals surface area contributed by atoms with E-state index >= 15 is 0 Å². The summed E-state index contributed by atoms with van der Waals surface area (Å²) < 4.78 is 33.7. The lowest BCUT2D eigenvalue weighted by atomic mass is 9.99. The molecule has 9 nitrogen and oxygen atoms in total. The van der Waals surface area contributed by atoms with Gasteiger partial charge in [-0.25, -0.2) is 8.60 Å². The highest BCUT2D eigenvalue weighted by Crippen LogP contribution is 2.41. The van der Waals surface area contributed by atoms with Crippen molar-refractivity contribution in [2.75, 3.05) is 30.7 Å². The molecule has 1 amide bonds. The number of nitrogens with zero attached hydrogens (tertiary/aromatic N) is 2. The maximum atomic E-state index is 13.5. The molecule has 3 aromatic rings. The van der Waals surface area contributed by atoms with Gasteiger partial charge in [0, 0.05) is 42.4 Å². The number of furan rings is 1. The molecule has 33 heavy (non-hydrogen) atoms. The third-order valence-electron chi connectivity index (χ3n) is 5.80. The van der Waals surface area contributed by atoms with Crippen LogP contribution in [-0.4, -0.2) is 62.8 Å². The second kappa shape index (κ2) is 8.50. The third kappa shape index (κ3) is 4.50. The maximum absolute atomic E-state index is 13.5. The lowest BCUT2D eigenvalue weighted by molar-refractivity contribution is -0.323. The van der Waals surface area contributed by atoms with Gasteiger partial charge in [-0.05, 0) is 49.9 Å². The van der Waals surface area contributed by atoms with Crippen LogP contribution in [0.25, 0.3) is 22.3 Å². The number of likely N-dealkylation sites (N-methyl/N-ethyl adjacent to an activating group) is 1. The number of anilines is 1. The second-order valence-corrected chi connectivity index (χ2v) is 9.28. The average molecular weight is 478 g/mol. The van der Waals surface area contributed by atoms with E-state index in [0.29, 0.717) is 29.7 Å². The van der Waals surface area contributed by atoms with E-state index in [1.165, 1.54) is 24.3 Å². The zero-order chi connectivity index (χ0) is 24.1. The van der Waals surface area contributed by atoms with Gasteiger partial charge in [-0.1, -0.05) is 0 Å². The Balaban J connectivity index is 2.00. The first-order chi connectivity index (χ1) is 15.5. The highest BCUT2D eigenvalue weighted by molar-refractivity contribution is 7.85. The van der Waals surface area contributed by atoms with Crippen LogP contribution in [0, 0.1) is 5.82 Å². The van der Waals surface area contributed by atoms with Gasteiger partial charge in [0.15, 0.2) is 0 Å². The average Bonchev–Trinajstić information content (AvgIpc) is 3.04. The Labute approximate surface area is 191 Å². The van der Waals surface area contributed by atoms with Crippen LogP contribution < -0.4 is 9.62 Å². The first-order valence-electron chi connectivity index (χ1n) is 10.1. The van der Waals surface area contributed by atoms with Crippen LogP contribution >= 0.6 is 0 Å². The number of rotatable bonds is 4. The van der Waals surface area contributed by atoms with Crippen LogP contribution in [0.2, 0.25) is 0 Å². The van der Waals surface area contributed by atoms with Gasteiger partial charge in [0.2, 0.25) is 0 Å². The van der Waals surface area contributed by atoms with Crippen molar-refractivity contribution in [3.05, 3.63) is 53.3 Å². The van der Waals surface area contributed by atoms with Gasteiger partial charge in [-0.2, -0.15) is 0 Å². The first kappa shape index (κ1) is 23.3. The monoisotopic (exact) mass is 477 g/mol. The molecule has 2 atom stereocenters. The Morgan fingerprint density at radius 3 is 2.48 bits per heavy atom. The summed E-state index contributed by atoms with van der Waals surface area (Å²) in [6, 6.07) is 8.57. The van der Waals surface area contributed by atoms with Crippen LogP contribution in [-0.2, 0) is 11.0 Å². The molecule has 0 aliphatic carbocycles. The second-order valence-electron chi connectivity index (χ2n) is 7.99. The zero-order valence-corrected chi connectivity index (χ0v) is 19.0. The van der Waals surface area contributed by atoms with Crippen molar-refractivity contribution in [3.63, 3.8) is 0 Å². The van der Waals surface area contributed by atoms with Crippen LogP contribution in [0.5, 0.6) is 0 Å². The summed E-state index contributed by atoms with van der Waals surface area (Å²) in [6.45, 7) is 3.16. The molecule has 2 heterocycles. The molecule has 0 bridgehead atoms. The molecule has 11 heteroatoms. The van der Waals surface area contributed by atoms with E-state index in [0.717, 1.165) is 5.56 Å². The van der Waals surface area contributed by atoms with Crippen LogP contribution in [0.3, 0.4) is 0 Å². The number of aliphatic hydroxyl groups is 3. The molecular formula is C22H24FN3O6S. The minimum absolute atomic E-state index is 0.0529. The lowest BCUT2D eigenvalue weighted by Gasteiger charge is -2.23. The number of hydrogen-bond donors (Lipinski definition) is 4. The summed E-state index contributed by atoms with van der Waals surface area (Å²) in [7, 11) is 0.624. The first-order valence-corrected chi connectivity index (χ1v) is 11.6. The Hall–Kier alpha value is -2.83. The van der Waals surface area contributed by atoms with Crippen molar-refractivity contribution in [2.24, 2.45) is 0 Å². The summed E-state index contributed by atoms with van der Waals surface area (Å²) >= 11 is 0. The molecule has 0 radical (unpaired) electrons. The number of amides is 1. The fourth-order valence-electron chi connectivity index (χ4n) is 4.01. The molecule has 0 saturated heterocycles. The van der Waals surface area contributed by atoms with E-state index in [2.05, 4.69) is 4.90 Å². The Bertz CT molecular complexity index is 1240. The highest BCUT2D eigenvalue weighted by atomic mass is 32.2. The topological polar surface area (TPSA) is 126 Å². The molecule has 2 unspecified atom stereocenters. The molecule has 1 aliphatic rings. The summed E-state index contributed by atoms with van der Waals surface area (Å²) in [5, 5.41) is 30.0. The summed E-state index contributed by atoms with van der Waals surface area (Å²) in [5.41, 5.74) is 2.07. The molecule has 0 fully saturated rings. The Kier molecular flexibility index (Phi) is 6.01. The van der Waals surface area contributed by atoms with Gasteiger partial charge in [0.05, 0.1) is 11.3 Å². The fourth-order valence-corrected chi connectivity index (χ4v) is 4.79. The van der Waals surface area contributed by atoms with Crippen molar-refractivity contribution in [3.8, 4) is 11.3 Å². The molecule has 2 aromatic carbocycles. The van der Waals surface area contributed by atoms with Crippen LogP contribution in [0.1, 0.15) is 28.9 Å². The molecule has 176 valence electrons. The van der Waals surface area contributed by atoms with Crippen molar-refractivity contribution >= 4 is 33.5 Å². The third-order valence-corrected chi connectivity index (χ3v) is 6.80. The SMILES string of the molecule is CC1c2cc3c(C(=O)NC(O)(O)O)c(-c4ccc(F)cc4)oc3cc2N(S(C)=O)CCN1C. The van der Waals surface area contributed by atoms with E-state index in [4.69, 9.17) is 4.42 Å². The van der Waals surface area contributed by atoms with E-state index in [1.54, 1.807) is 28.0 Å².